The number of carbonyl (C=O) groups is 2. The van der Waals surface area contributed by atoms with E-state index in [0.717, 1.165) is 0 Å². The molecule has 1 unspecified atom stereocenters. The van der Waals surface area contributed by atoms with Crippen LogP contribution in [0.3, 0.4) is 0 Å². The van der Waals surface area contributed by atoms with Crippen LogP contribution >= 0.6 is 11.8 Å². The average molecular weight is 504 g/mol. The average Bonchev–Trinajstić information content (AvgIpc) is 3.19. The molecule has 2 aliphatic rings. The quantitative estimate of drug-likeness (QED) is 0.210. The van der Waals surface area contributed by atoms with Crippen LogP contribution in [0.25, 0.3) is 0 Å². The molecule has 12 heteroatoms. The predicted molar refractivity (Wildman–Crippen MR) is 133 cm³/mol. The van der Waals surface area contributed by atoms with Gasteiger partial charge in [-0.2, -0.15) is 0 Å². The summed E-state index contributed by atoms with van der Waals surface area (Å²) < 4.78 is 10.4. The van der Waals surface area contributed by atoms with Crippen molar-refractivity contribution in [1.82, 2.24) is 15.1 Å². The third kappa shape index (κ3) is 6.47. The van der Waals surface area contributed by atoms with Gasteiger partial charge in [0, 0.05) is 38.0 Å². The Morgan fingerprint density at radius 2 is 1.97 bits per heavy atom. The Hall–Kier alpha value is -3.22. The smallest absolute Gasteiger partial charge is 0.338 e. The summed E-state index contributed by atoms with van der Waals surface area (Å²) in [6.45, 7) is 3.26. The number of hydrogen-bond acceptors (Lipinski definition) is 10. The van der Waals surface area contributed by atoms with Crippen LogP contribution in [0.5, 0.6) is 0 Å². The van der Waals surface area contributed by atoms with E-state index in [4.69, 9.17) is 9.47 Å². The highest BCUT2D eigenvalue weighted by Crippen LogP contribution is 2.45. The van der Waals surface area contributed by atoms with Crippen LogP contribution in [-0.4, -0.2) is 79.3 Å². The minimum Gasteiger partial charge on any atom is -0.460 e. The lowest BCUT2D eigenvalue weighted by molar-refractivity contribution is -0.384. The molecule has 1 aromatic carbocycles. The molecule has 1 atom stereocenters. The largest absolute Gasteiger partial charge is 0.460 e. The molecule has 0 spiro atoms. The number of carbonyl (C=O) groups excluding carboxylic acids is 2. The van der Waals surface area contributed by atoms with Crippen molar-refractivity contribution in [1.29, 1.82) is 0 Å². The number of benzene rings is 1. The Morgan fingerprint density at radius 1 is 1.26 bits per heavy atom. The normalized spacial score (nSPS) is 17.2. The molecule has 0 radical (unpaired) electrons. The number of esters is 1. The van der Waals surface area contributed by atoms with Gasteiger partial charge >= 0.3 is 5.97 Å². The van der Waals surface area contributed by atoms with E-state index >= 15 is 0 Å². The maximum atomic E-state index is 13.1. The summed E-state index contributed by atoms with van der Waals surface area (Å²) in [4.78, 5) is 44.8. The molecular weight excluding hydrogens is 474 g/mol. The summed E-state index contributed by atoms with van der Waals surface area (Å²) in [5, 5.41) is 16.5. The molecule has 2 heterocycles. The molecule has 11 nitrogen and oxygen atoms in total. The fourth-order valence-corrected chi connectivity index (χ4v) is 4.63. The van der Waals surface area contributed by atoms with E-state index in [1.807, 2.05) is 29.3 Å². The van der Waals surface area contributed by atoms with Crippen molar-refractivity contribution in [3.63, 3.8) is 0 Å². The zero-order valence-electron chi connectivity index (χ0n) is 20.1. The topological polar surface area (TPSA) is 127 Å². The molecule has 0 aromatic heterocycles. The standard InChI is InChI=1S/C23H29N5O6S/c1-15-20(22(30)34-12-11-33-4)21(16-5-7-17(8-6-16)28(31)32)27-18(14-35-23(27)25-15)13-19(29)24-9-10-26(2)3/h5-8,14,21H,9-13H2,1-4H3,(H,24,29). The van der Waals surface area contributed by atoms with Crippen LogP contribution in [0.4, 0.5) is 5.69 Å². The number of amidine groups is 1. The Kier molecular flexibility index (Phi) is 9.01. The molecule has 1 aromatic rings. The number of aliphatic imine (C=N–C) groups is 1. The third-order valence-corrected chi connectivity index (χ3v) is 6.27. The number of amides is 1. The number of likely N-dealkylation sites (N-methyl/N-ethyl adjacent to an activating group) is 1. The van der Waals surface area contributed by atoms with Crippen LogP contribution in [0, 0.1) is 10.1 Å². The second-order valence-corrected chi connectivity index (χ2v) is 9.04. The van der Waals surface area contributed by atoms with Gasteiger partial charge in [-0.05, 0) is 44.1 Å². The van der Waals surface area contributed by atoms with Gasteiger partial charge in [0.05, 0.1) is 35.3 Å². The predicted octanol–water partition coefficient (Wildman–Crippen LogP) is 2.43. The Morgan fingerprint density at radius 3 is 2.60 bits per heavy atom. The molecular formula is C23H29N5O6S. The summed E-state index contributed by atoms with van der Waals surface area (Å²) in [5.41, 5.74) is 2.05. The fourth-order valence-electron chi connectivity index (χ4n) is 3.67. The number of rotatable bonds is 11. The molecule has 0 bridgehead atoms. The number of methoxy groups -OCH3 is 1. The van der Waals surface area contributed by atoms with Crippen molar-refractivity contribution in [2.75, 3.05) is 47.5 Å². The lowest BCUT2D eigenvalue weighted by Gasteiger charge is -2.36. The number of nitro benzene ring substituents is 1. The van der Waals surface area contributed by atoms with Crippen LogP contribution < -0.4 is 5.32 Å². The van der Waals surface area contributed by atoms with E-state index in [9.17, 15) is 19.7 Å². The molecule has 0 saturated carbocycles. The lowest BCUT2D eigenvalue weighted by Crippen LogP contribution is -2.38. The first-order chi connectivity index (χ1) is 16.7. The number of fused-ring (bicyclic) bond motifs is 1. The maximum Gasteiger partial charge on any atom is 0.338 e. The van der Waals surface area contributed by atoms with Gasteiger partial charge < -0.3 is 24.6 Å². The van der Waals surface area contributed by atoms with E-state index in [-0.39, 0.29) is 31.2 Å². The van der Waals surface area contributed by atoms with Gasteiger partial charge in [-0.25, -0.2) is 9.79 Å². The lowest BCUT2D eigenvalue weighted by atomic mass is 9.93. The number of nitro groups is 1. The van der Waals surface area contributed by atoms with Gasteiger partial charge in [0.25, 0.3) is 5.69 Å². The maximum absolute atomic E-state index is 13.1. The van der Waals surface area contributed by atoms with Crippen molar-refractivity contribution in [2.24, 2.45) is 4.99 Å². The third-order valence-electron chi connectivity index (χ3n) is 5.38. The number of thioether (sulfide) groups is 1. The van der Waals surface area contributed by atoms with Crippen LogP contribution in [-0.2, 0) is 19.1 Å². The SMILES string of the molecule is COCCOC(=O)C1=C(C)N=C2SC=C(CC(=O)NCCN(C)C)N2C1c1ccc([N+](=O)[O-])cc1. The number of allylic oxidation sites excluding steroid dienone is 1. The molecule has 3 rings (SSSR count). The summed E-state index contributed by atoms with van der Waals surface area (Å²) in [6, 6.07) is 5.35. The fraction of sp³-hybridized carbons (Fsp3) is 0.435. The van der Waals surface area contributed by atoms with Gasteiger partial charge in [0.2, 0.25) is 5.91 Å². The molecule has 1 amide bonds. The monoisotopic (exact) mass is 503 g/mol. The molecule has 35 heavy (non-hydrogen) atoms. The summed E-state index contributed by atoms with van der Waals surface area (Å²) in [7, 11) is 5.36. The number of hydrogen-bond donors (Lipinski definition) is 1. The minimum absolute atomic E-state index is 0.0600. The molecule has 2 aliphatic heterocycles. The summed E-state index contributed by atoms with van der Waals surface area (Å²) in [6.07, 6.45) is 0.0912. The summed E-state index contributed by atoms with van der Waals surface area (Å²) >= 11 is 1.36. The van der Waals surface area contributed by atoms with E-state index < -0.39 is 16.9 Å². The van der Waals surface area contributed by atoms with Crippen LogP contribution in [0.2, 0.25) is 0 Å². The van der Waals surface area contributed by atoms with E-state index in [0.29, 0.717) is 40.8 Å². The van der Waals surface area contributed by atoms with E-state index in [1.165, 1.54) is 31.0 Å². The first-order valence-electron chi connectivity index (χ1n) is 11.0. The van der Waals surface area contributed by atoms with Crippen LogP contribution in [0.15, 0.2) is 51.6 Å². The number of non-ortho nitro benzene ring substituents is 1. The molecule has 188 valence electrons. The zero-order valence-corrected chi connectivity index (χ0v) is 21.0. The zero-order chi connectivity index (χ0) is 25.5. The summed E-state index contributed by atoms with van der Waals surface area (Å²) in [5.74, 6) is -0.713. The van der Waals surface area contributed by atoms with Crippen molar-refractivity contribution in [2.45, 2.75) is 19.4 Å². The second kappa shape index (κ2) is 12.0. The van der Waals surface area contributed by atoms with Gasteiger partial charge in [0.1, 0.15) is 6.61 Å². The van der Waals surface area contributed by atoms with E-state index in [1.54, 1.807) is 19.1 Å². The van der Waals surface area contributed by atoms with Gasteiger partial charge in [-0.15, -0.1) is 0 Å². The number of nitrogens with zero attached hydrogens (tertiary/aromatic N) is 4. The van der Waals surface area contributed by atoms with Crippen molar-refractivity contribution in [3.8, 4) is 0 Å². The Labute approximate surface area is 208 Å². The minimum atomic E-state index is -0.658. The highest BCUT2D eigenvalue weighted by Gasteiger charge is 2.41. The van der Waals surface area contributed by atoms with Crippen molar-refractivity contribution < 1.29 is 24.0 Å². The molecule has 0 aliphatic carbocycles. The number of nitrogens with one attached hydrogen (secondary N) is 1. The molecule has 0 fully saturated rings. The van der Waals surface area contributed by atoms with Crippen LogP contribution in [0.1, 0.15) is 24.9 Å². The highest BCUT2D eigenvalue weighted by atomic mass is 32.2. The van der Waals surface area contributed by atoms with Gasteiger partial charge in [0.15, 0.2) is 5.17 Å². The highest BCUT2D eigenvalue weighted by molar-refractivity contribution is 8.16. The van der Waals surface area contributed by atoms with E-state index in [2.05, 4.69) is 10.3 Å². The second-order valence-electron chi connectivity index (χ2n) is 8.20. The Balaban J connectivity index is 1.93. The first kappa shape index (κ1) is 26.4. The number of ether oxygens (including phenoxy) is 2. The van der Waals surface area contributed by atoms with Crippen molar-refractivity contribution in [3.05, 3.63) is 62.3 Å². The van der Waals surface area contributed by atoms with Gasteiger partial charge in [-0.1, -0.05) is 11.8 Å². The molecule has 1 N–H and O–H groups in total. The van der Waals surface area contributed by atoms with Gasteiger partial charge in [-0.3, -0.25) is 14.9 Å². The Bertz CT molecular complexity index is 1070. The van der Waals surface area contributed by atoms with Crippen molar-refractivity contribution >= 4 is 34.5 Å². The molecule has 0 saturated heterocycles. The first-order valence-corrected chi connectivity index (χ1v) is 11.9.